The normalized spacial score (nSPS) is 12.1. The Morgan fingerprint density at radius 3 is 2.48 bits per heavy atom. The van der Waals surface area contributed by atoms with Crippen LogP contribution in [0.3, 0.4) is 0 Å². The fourth-order valence-electron chi connectivity index (χ4n) is 2.31. The Bertz CT molecular complexity index is 768. The van der Waals surface area contributed by atoms with Gasteiger partial charge >= 0.3 is 0 Å². The Kier molecular flexibility index (Phi) is 5.10. The van der Waals surface area contributed by atoms with Crippen LogP contribution in [-0.2, 0) is 6.42 Å². The van der Waals surface area contributed by atoms with Crippen LogP contribution in [0.4, 0.5) is 0 Å². The summed E-state index contributed by atoms with van der Waals surface area (Å²) in [6.07, 6.45) is 2.66. The number of nitrogens with zero attached hydrogens (tertiary/aromatic N) is 1. The summed E-state index contributed by atoms with van der Waals surface area (Å²) in [6, 6.07) is 16.1. The van der Waals surface area contributed by atoms with Crippen molar-refractivity contribution in [3.8, 4) is 16.2 Å². The van der Waals surface area contributed by atoms with Gasteiger partial charge in [0.1, 0.15) is 10.8 Å². The molecular formula is C18H17BrN2OS. The Hall–Kier alpha value is -1.69. The summed E-state index contributed by atoms with van der Waals surface area (Å²) in [5.74, 6) is 0.856. The van der Waals surface area contributed by atoms with E-state index in [9.17, 15) is 0 Å². The molecule has 0 bridgehead atoms. The largest absolute Gasteiger partial charge is 0.497 e. The van der Waals surface area contributed by atoms with Crippen LogP contribution in [0.25, 0.3) is 10.4 Å². The number of thiazole rings is 1. The third-order valence-corrected chi connectivity index (χ3v) is 5.29. The van der Waals surface area contributed by atoms with Crippen LogP contribution in [0, 0.1) is 0 Å². The van der Waals surface area contributed by atoms with Crippen molar-refractivity contribution >= 4 is 27.3 Å². The van der Waals surface area contributed by atoms with Gasteiger partial charge in [-0.05, 0) is 41.8 Å². The number of rotatable bonds is 5. The van der Waals surface area contributed by atoms with Gasteiger partial charge < -0.3 is 10.5 Å². The third kappa shape index (κ3) is 3.99. The molecule has 2 N–H and O–H groups in total. The number of benzene rings is 2. The Balaban J connectivity index is 1.72. The second kappa shape index (κ2) is 7.25. The van der Waals surface area contributed by atoms with Crippen LogP contribution in [0.2, 0.25) is 0 Å². The minimum Gasteiger partial charge on any atom is -0.497 e. The molecule has 23 heavy (non-hydrogen) atoms. The van der Waals surface area contributed by atoms with Crippen LogP contribution in [0.15, 0.2) is 59.2 Å². The van der Waals surface area contributed by atoms with Gasteiger partial charge in [-0.25, -0.2) is 4.98 Å². The first kappa shape index (κ1) is 16.2. The van der Waals surface area contributed by atoms with Gasteiger partial charge in [-0.15, -0.1) is 11.3 Å². The van der Waals surface area contributed by atoms with E-state index < -0.39 is 0 Å². The molecule has 0 amide bonds. The van der Waals surface area contributed by atoms with E-state index in [1.54, 1.807) is 18.4 Å². The number of ether oxygens (including phenoxy) is 1. The van der Waals surface area contributed by atoms with E-state index in [1.165, 1.54) is 5.56 Å². The molecule has 0 spiro atoms. The highest BCUT2D eigenvalue weighted by atomic mass is 79.9. The molecule has 0 aliphatic heterocycles. The van der Waals surface area contributed by atoms with Gasteiger partial charge in [-0.2, -0.15) is 0 Å². The number of nitrogens with two attached hydrogens (primary N) is 1. The molecule has 2 aromatic carbocycles. The third-order valence-electron chi connectivity index (χ3n) is 3.58. The molecule has 1 atom stereocenters. The first-order valence-corrected chi connectivity index (χ1v) is 8.87. The number of aromatic nitrogens is 1. The summed E-state index contributed by atoms with van der Waals surface area (Å²) in [5.41, 5.74) is 8.66. The maximum Gasteiger partial charge on any atom is 0.118 e. The summed E-state index contributed by atoms with van der Waals surface area (Å²) < 4.78 is 6.25. The standard InChI is InChI=1S/C18H17BrN2OS/c1-22-15-8-2-12(3-9-15)10-16(20)18-21-11-17(23-18)13-4-6-14(19)7-5-13/h2-9,11,16H,10,20H2,1H3/t16-/m0/s1. The quantitative estimate of drug-likeness (QED) is 0.680. The number of hydrogen-bond donors (Lipinski definition) is 1. The zero-order valence-corrected chi connectivity index (χ0v) is 15.1. The van der Waals surface area contributed by atoms with Crippen LogP contribution < -0.4 is 10.5 Å². The van der Waals surface area contributed by atoms with E-state index in [-0.39, 0.29) is 6.04 Å². The molecule has 0 fully saturated rings. The number of halogens is 1. The monoisotopic (exact) mass is 388 g/mol. The molecular weight excluding hydrogens is 372 g/mol. The molecule has 3 rings (SSSR count). The molecule has 5 heteroatoms. The van der Waals surface area contributed by atoms with Crippen molar-refractivity contribution in [2.45, 2.75) is 12.5 Å². The predicted molar refractivity (Wildman–Crippen MR) is 98.9 cm³/mol. The van der Waals surface area contributed by atoms with E-state index in [1.807, 2.05) is 42.6 Å². The van der Waals surface area contributed by atoms with Gasteiger partial charge in [0.25, 0.3) is 0 Å². The lowest BCUT2D eigenvalue weighted by Crippen LogP contribution is -2.12. The molecule has 0 saturated carbocycles. The zero-order valence-electron chi connectivity index (χ0n) is 12.7. The Morgan fingerprint density at radius 1 is 1.13 bits per heavy atom. The SMILES string of the molecule is COc1ccc(C[C@H](N)c2ncc(-c3ccc(Br)cc3)s2)cc1. The molecule has 0 aliphatic carbocycles. The van der Waals surface area contributed by atoms with E-state index in [0.717, 1.165) is 32.1 Å². The van der Waals surface area contributed by atoms with Gasteiger partial charge in [-0.1, -0.05) is 40.2 Å². The number of methoxy groups -OCH3 is 1. The second-order valence-corrected chi connectivity index (χ2v) is 7.21. The topological polar surface area (TPSA) is 48.1 Å². The molecule has 3 nitrogen and oxygen atoms in total. The molecule has 0 radical (unpaired) electrons. The zero-order chi connectivity index (χ0) is 16.2. The molecule has 1 aromatic heterocycles. The van der Waals surface area contributed by atoms with Crippen molar-refractivity contribution in [2.75, 3.05) is 7.11 Å². The van der Waals surface area contributed by atoms with Gasteiger partial charge in [0.15, 0.2) is 0 Å². The van der Waals surface area contributed by atoms with E-state index in [0.29, 0.717) is 0 Å². The van der Waals surface area contributed by atoms with Crippen molar-refractivity contribution in [3.63, 3.8) is 0 Å². The minimum absolute atomic E-state index is 0.0995. The smallest absolute Gasteiger partial charge is 0.118 e. The average Bonchev–Trinajstić information content (AvgIpc) is 3.06. The molecule has 0 aliphatic rings. The molecule has 0 saturated heterocycles. The van der Waals surface area contributed by atoms with Gasteiger partial charge in [0.05, 0.1) is 18.0 Å². The first-order chi connectivity index (χ1) is 11.2. The molecule has 0 unspecified atom stereocenters. The fourth-order valence-corrected chi connectivity index (χ4v) is 3.50. The predicted octanol–water partition coefficient (Wildman–Crippen LogP) is 4.82. The maximum atomic E-state index is 6.32. The van der Waals surface area contributed by atoms with E-state index >= 15 is 0 Å². The van der Waals surface area contributed by atoms with Gasteiger partial charge in [0.2, 0.25) is 0 Å². The first-order valence-electron chi connectivity index (χ1n) is 7.26. The van der Waals surface area contributed by atoms with E-state index in [2.05, 4.69) is 33.0 Å². The van der Waals surface area contributed by atoms with Crippen molar-refractivity contribution in [1.29, 1.82) is 0 Å². The summed E-state index contributed by atoms with van der Waals surface area (Å²) >= 11 is 5.10. The van der Waals surface area contributed by atoms with Crippen LogP contribution in [0.5, 0.6) is 5.75 Å². The number of hydrogen-bond acceptors (Lipinski definition) is 4. The highest BCUT2D eigenvalue weighted by Gasteiger charge is 2.13. The van der Waals surface area contributed by atoms with E-state index in [4.69, 9.17) is 10.5 Å². The van der Waals surface area contributed by atoms with Crippen molar-refractivity contribution in [2.24, 2.45) is 5.73 Å². The highest BCUT2D eigenvalue weighted by molar-refractivity contribution is 9.10. The van der Waals surface area contributed by atoms with Gasteiger partial charge in [-0.3, -0.25) is 0 Å². The second-order valence-electron chi connectivity index (χ2n) is 5.23. The Morgan fingerprint density at radius 2 is 1.83 bits per heavy atom. The lowest BCUT2D eigenvalue weighted by Gasteiger charge is -2.09. The van der Waals surface area contributed by atoms with Crippen molar-refractivity contribution in [3.05, 3.63) is 69.8 Å². The summed E-state index contributed by atoms with van der Waals surface area (Å²) in [5, 5.41) is 0.957. The van der Waals surface area contributed by atoms with Crippen molar-refractivity contribution < 1.29 is 4.74 Å². The molecule has 1 heterocycles. The van der Waals surface area contributed by atoms with Crippen molar-refractivity contribution in [1.82, 2.24) is 4.98 Å². The average molecular weight is 389 g/mol. The summed E-state index contributed by atoms with van der Waals surface area (Å²) in [6.45, 7) is 0. The molecule has 118 valence electrons. The fraction of sp³-hybridized carbons (Fsp3) is 0.167. The van der Waals surface area contributed by atoms with Crippen LogP contribution in [0.1, 0.15) is 16.6 Å². The molecule has 3 aromatic rings. The van der Waals surface area contributed by atoms with Crippen LogP contribution in [-0.4, -0.2) is 12.1 Å². The highest BCUT2D eigenvalue weighted by Crippen LogP contribution is 2.30. The van der Waals surface area contributed by atoms with Gasteiger partial charge in [0, 0.05) is 10.7 Å². The lowest BCUT2D eigenvalue weighted by atomic mass is 10.1. The minimum atomic E-state index is -0.0995. The summed E-state index contributed by atoms with van der Waals surface area (Å²) in [4.78, 5) is 5.64. The Labute approximate surface area is 148 Å². The lowest BCUT2D eigenvalue weighted by molar-refractivity contribution is 0.414. The van der Waals surface area contributed by atoms with Crippen LogP contribution >= 0.6 is 27.3 Å². The maximum absolute atomic E-state index is 6.32. The summed E-state index contributed by atoms with van der Waals surface area (Å²) in [7, 11) is 1.67.